The minimum absolute atomic E-state index is 0.168. The number of pyridine rings is 1. The van der Waals surface area contributed by atoms with E-state index in [1.165, 1.54) is 12.0 Å². The Bertz CT molecular complexity index is 528. The number of amides is 2. The van der Waals surface area contributed by atoms with Gasteiger partial charge in [-0.2, -0.15) is 0 Å². The molecule has 0 spiro atoms. The number of likely N-dealkylation sites (tertiary alicyclic amines) is 2. The number of carbonyl (C=O) groups is 1. The summed E-state index contributed by atoms with van der Waals surface area (Å²) in [5, 5.41) is 3.30. The molecule has 3 heterocycles. The lowest BCUT2D eigenvalue weighted by Crippen LogP contribution is -2.53. The predicted octanol–water partition coefficient (Wildman–Crippen LogP) is 3.06. The highest BCUT2D eigenvalue weighted by molar-refractivity contribution is 5.75. The van der Waals surface area contributed by atoms with Gasteiger partial charge in [0.1, 0.15) is 0 Å². The molecule has 0 aromatic carbocycles. The van der Waals surface area contributed by atoms with Crippen LogP contribution in [-0.4, -0.2) is 59.1 Å². The van der Waals surface area contributed by atoms with Gasteiger partial charge in [-0.3, -0.25) is 4.98 Å². The molecule has 0 saturated carbocycles. The number of hydrogen-bond acceptors (Lipinski definition) is 3. The Morgan fingerprint density at radius 2 is 1.92 bits per heavy atom. The highest BCUT2D eigenvalue weighted by Crippen LogP contribution is 2.20. The summed E-state index contributed by atoms with van der Waals surface area (Å²) in [5.74, 6) is 0. The maximum absolute atomic E-state index is 12.6. The zero-order valence-electron chi connectivity index (χ0n) is 15.5. The molecule has 1 aromatic rings. The Balaban J connectivity index is 1.39. The van der Waals surface area contributed by atoms with E-state index in [2.05, 4.69) is 39.2 Å². The fourth-order valence-corrected chi connectivity index (χ4v) is 4.09. The van der Waals surface area contributed by atoms with Crippen LogP contribution in [0.4, 0.5) is 4.79 Å². The van der Waals surface area contributed by atoms with Gasteiger partial charge in [-0.15, -0.1) is 0 Å². The van der Waals surface area contributed by atoms with Gasteiger partial charge >= 0.3 is 6.03 Å². The largest absolute Gasteiger partial charge is 0.335 e. The zero-order chi connectivity index (χ0) is 17.5. The van der Waals surface area contributed by atoms with Gasteiger partial charge in [0.2, 0.25) is 0 Å². The van der Waals surface area contributed by atoms with E-state index in [9.17, 15) is 4.79 Å². The lowest BCUT2D eigenvalue weighted by Gasteiger charge is -2.38. The molecule has 0 radical (unpaired) electrons. The maximum Gasteiger partial charge on any atom is 0.317 e. The first-order chi connectivity index (χ1) is 12.3. The molecular formula is C20H32N4O. The number of piperidine rings is 2. The number of hydrogen-bond donors (Lipinski definition) is 1. The molecule has 2 fully saturated rings. The summed E-state index contributed by atoms with van der Waals surface area (Å²) in [7, 11) is 0. The van der Waals surface area contributed by atoms with Crippen molar-refractivity contribution < 1.29 is 4.79 Å². The summed E-state index contributed by atoms with van der Waals surface area (Å²) < 4.78 is 0. The summed E-state index contributed by atoms with van der Waals surface area (Å²) >= 11 is 0. The lowest BCUT2D eigenvalue weighted by atomic mass is 10.00. The van der Waals surface area contributed by atoms with Crippen molar-refractivity contribution in [1.29, 1.82) is 0 Å². The average molecular weight is 345 g/mol. The first-order valence-electron chi connectivity index (χ1n) is 9.94. The Kier molecular flexibility index (Phi) is 6.68. The normalized spacial score (nSPS) is 22.8. The molecule has 2 aliphatic heterocycles. The van der Waals surface area contributed by atoms with Crippen LogP contribution in [0.1, 0.15) is 51.0 Å². The van der Waals surface area contributed by atoms with Gasteiger partial charge in [0.15, 0.2) is 0 Å². The van der Waals surface area contributed by atoms with Crippen LogP contribution in [-0.2, 0) is 6.42 Å². The molecule has 5 nitrogen and oxygen atoms in total. The number of urea groups is 1. The van der Waals surface area contributed by atoms with Gasteiger partial charge < -0.3 is 15.1 Å². The smallest absolute Gasteiger partial charge is 0.317 e. The van der Waals surface area contributed by atoms with Crippen molar-refractivity contribution in [3.8, 4) is 0 Å². The number of nitrogens with one attached hydrogen (secondary N) is 1. The number of carbonyl (C=O) groups excluding carboxylic acids is 1. The Labute approximate surface area is 151 Å². The van der Waals surface area contributed by atoms with Crippen LogP contribution in [0.5, 0.6) is 0 Å². The monoisotopic (exact) mass is 344 g/mol. The third kappa shape index (κ3) is 5.18. The first kappa shape index (κ1) is 18.2. The molecule has 1 atom stereocenters. The van der Waals surface area contributed by atoms with Crippen LogP contribution < -0.4 is 5.32 Å². The fraction of sp³-hybridized carbons (Fsp3) is 0.700. The number of rotatable bonds is 5. The van der Waals surface area contributed by atoms with E-state index in [0.717, 1.165) is 64.7 Å². The van der Waals surface area contributed by atoms with E-state index in [1.807, 2.05) is 12.4 Å². The molecule has 0 aliphatic carbocycles. The Morgan fingerprint density at radius 3 is 2.64 bits per heavy atom. The van der Waals surface area contributed by atoms with Crippen LogP contribution >= 0.6 is 0 Å². The highest BCUT2D eigenvalue weighted by Gasteiger charge is 2.28. The predicted molar refractivity (Wildman–Crippen MR) is 101 cm³/mol. The van der Waals surface area contributed by atoms with E-state index in [1.54, 1.807) is 0 Å². The van der Waals surface area contributed by atoms with Gasteiger partial charge in [0.05, 0.1) is 0 Å². The SMILES string of the molecule is CC[C@H]1CCCCN1C(=O)NC1CCN(CCc2ccncc2)CC1. The van der Waals surface area contributed by atoms with Gasteiger partial charge in [-0.05, 0) is 62.6 Å². The summed E-state index contributed by atoms with van der Waals surface area (Å²) in [4.78, 5) is 21.3. The van der Waals surface area contributed by atoms with Crippen molar-refractivity contribution in [2.75, 3.05) is 26.2 Å². The minimum Gasteiger partial charge on any atom is -0.335 e. The highest BCUT2D eigenvalue weighted by atomic mass is 16.2. The van der Waals surface area contributed by atoms with Crippen molar-refractivity contribution in [1.82, 2.24) is 20.1 Å². The van der Waals surface area contributed by atoms with Crippen molar-refractivity contribution >= 4 is 6.03 Å². The van der Waals surface area contributed by atoms with Crippen molar-refractivity contribution in [2.45, 2.75) is 64.0 Å². The Morgan fingerprint density at radius 1 is 1.16 bits per heavy atom. The molecule has 1 aromatic heterocycles. The Hall–Kier alpha value is -1.62. The summed E-state index contributed by atoms with van der Waals surface area (Å²) in [6.07, 6.45) is 11.6. The second-order valence-corrected chi connectivity index (χ2v) is 7.42. The van der Waals surface area contributed by atoms with Gasteiger partial charge in [-0.25, -0.2) is 4.79 Å². The van der Waals surface area contributed by atoms with Gasteiger partial charge in [0, 0.05) is 50.7 Å². The van der Waals surface area contributed by atoms with E-state index < -0.39 is 0 Å². The second kappa shape index (κ2) is 9.18. The van der Waals surface area contributed by atoms with Crippen molar-refractivity contribution in [3.05, 3.63) is 30.1 Å². The first-order valence-corrected chi connectivity index (χ1v) is 9.94. The van der Waals surface area contributed by atoms with Crippen molar-refractivity contribution in [3.63, 3.8) is 0 Å². The molecule has 138 valence electrons. The fourth-order valence-electron chi connectivity index (χ4n) is 4.09. The summed E-state index contributed by atoms with van der Waals surface area (Å²) in [6.45, 7) is 6.36. The topological polar surface area (TPSA) is 48.5 Å². The minimum atomic E-state index is 0.168. The molecular weight excluding hydrogens is 312 g/mol. The maximum atomic E-state index is 12.6. The lowest BCUT2D eigenvalue weighted by molar-refractivity contribution is 0.137. The van der Waals surface area contributed by atoms with Crippen LogP contribution in [0.15, 0.2) is 24.5 Å². The van der Waals surface area contributed by atoms with E-state index in [-0.39, 0.29) is 6.03 Å². The molecule has 2 aliphatic rings. The van der Waals surface area contributed by atoms with E-state index in [0.29, 0.717) is 12.1 Å². The molecule has 1 N–H and O–H groups in total. The van der Waals surface area contributed by atoms with Crippen LogP contribution in [0.25, 0.3) is 0 Å². The van der Waals surface area contributed by atoms with Gasteiger partial charge in [0.25, 0.3) is 0 Å². The molecule has 0 bridgehead atoms. The van der Waals surface area contributed by atoms with E-state index in [4.69, 9.17) is 0 Å². The van der Waals surface area contributed by atoms with Crippen LogP contribution in [0, 0.1) is 0 Å². The molecule has 25 heavy (non-hydrogen) atoms. The number of aromatic nitrogens is 1. The number of nitrogens with zero attached hydrogens (tertiary/aromatic N) is 3. The molecule has 2 saturated heterocycles. The van der Waals surface area contributed by atoms with Crippen LogP contribution in [0.3, 0.4) is 0 Å². The third-order valence-electron chi connectivity index (χ3n) is 5.74. The van der Waals surface area contributed by atoms with E-state index >= 15 is 0 Å². The molecule has 2 amide bonds. The molecule has 5 heteroatoms. The zero-order valence-corrected chi connectivity index (χ0v) is 15.5. The standard InChI is InChI=1S/C20H32N4O/c1-2-19-5-3-4-13-24(19)20(25)22-18-9-15-23(16-10-18)14-8-17-6-11-21-12-7-17/h6-7,11-12,18-19H,2-5,8-10,13-16H2,1H3,(H,22,25)/t19-/m0/s1. The van der Waals surface area contributed by atoms with Gasteiger partial charge in [-0.1, -0.05) is 6.92 Å². The van der Waals surface area contributed by atoms with Crippen molar-refractivity contribution in [2.24, 2.45) is 0 Å². The summed E-state index contributed by atoms with van der Waals surface area (Å²) in [5.41, 5.74) is 1.35. The van der Waals surface area contributed by atoms with Crippen LogP contribution in [0.2, 0.25) is 0 Å². The molecule has 3 rings (SSSR count). The third-order valence-corrected chi connectivity index (χ3v) is 5.74. The molecule has 0 unspecified atom stereocenters. The summed E-state index contributed by atoms with van der Waals surface area (Å²) in [6, 6.07) is 5.13. The second-order valence-electron chi connectivity index (χ2n) is 7.42. The average Bonchev–Trinajstić information content (AvgIpc) is 2.68. The quantitative estimate of drug-likeness (QED) is 0.893.